The minimum absolute atomic E-state index is 0.162. The van der Waals surface area contributed by atoms with Crippen LogP contribution in [0.3, 0.4) is 0 Å². The molecule has 0 N–H and O–H groups in total. The van der Waals surface area contributed by atoms with E-state index in [1.165, 1.54) is 6.07 Å². The highest BCUT2D eigenvalue weighted by Gasteiger charge is 2.22. The van der Waals surface area contributed by atoms with Gasteiger partial charge in [-0.15, -0.1) is 0 Å². The van der Waals surface area contributed by atoms with E-state index < -0.39 is 0 Å². The first-order valence-corrected chi connectivity index (χ1v) is 7.04. The molecule has 1 aliphatic heterocycles. The van der Waals surface area contributed by atoms with Gasteiger partial charge in [0.15, 0.2) is 0 Å². The summed E-state index contributed by atoms with van der Waals surface area (Å²) in [5.41, 5.74) is 2.10. The number of hydrogen-bond acceptors (Lipinski definition) is 3. The molecule has 0 bridgehead atoms. The molecule has 3 rings (SSSR count). The lowest BCUT2D eigenvalue weighted by Crippen LogP contribution is -2.34. The highest BCUT2D eigenvalue weighted by atomic mass is 19.1. The van der Waals surface area contributed by atoms with E-state index in [0.29, 0.717) is 5.92 Å². The van der Waals surface area contributed by atoms with Crippen LogP contribution >= 0.6 is 0 Å². The maximum atomic E-state index is 13.2. The fourth-order valence-electron chi connectivity index (χ4n) is 2.86. The van der Waals surface area contributed by atoms with Crippen LogP contribution in [-0.4, -0.2) is 28.0 Å². The van der Waals surface area contributed by atoms with Crippen molar-refractivity contribution in [2.45, 2.75) is 25.3 Å². The molecular formula is C16H18FN3. The van der Waals surface area contributed by atoms with Gasteiger partial charge < -0.3 is 0 Å². The van der Waals surface area contributed by atoms with Gasteiger partial charge in [0, 0.05) is 37.6 Å². The molecule has 1 atom stereocenters. The zero-order chi connectivity index (χ0) is 13.8. The molecular weight excluding hydrogens is 253 g/mol. The second-order valence-electron chi connectivity index (χ2n) is 5.33. The smallest absolute Gasteiger partial charge is 0.123 e. The zero-order valence-corrected chi connectivity index (χ0v) is 11.4. The number of hydrogen-bond donors (Lipinski definition) is 0. The fourth-order valence-corrected chi connectivity index (χ4v) is 2.86. The van der Waals surface area contributed by atoms with Crippen LogP contribution in [0.2, 0.25) is 0 Å². The molecule has 0 radical (unpaired) electrons. The molecule has 4 heteroatoms. The Labute approximate surface area is 118 Å². The van der Waals surface area contributed by atoms with Gasteiger partial charge in [-0.3, -0.25) is 14.9 Å². The quantitative estimate of drug-likeness (QED) is 0.859. The van der Waals surface area contributed by atoms with Gasteiger partial charge >= 0.3 is 0 Å². The monoisotopic (exact) mass is 271 g/mol. The van der Waals surface area contributed by atoms with Crippen molar-refractivity contribution >= 4 is 0 Å². The minimum Gasteiger partial charge on any atom is -0.298 e. The molecule has 0 aliphatic carbocycles. The van der Waals surface area contributed by atoms with Crippen molar-refractivity contribution in [2.24, 2.45) is 0 Å². The molecule has 1 fully saturated rings. The minimum atomic E-state index is -0.162. The average molecular weight is 271 g/mol. The Morgan fingerprint density at radius 3 is 3.05 bits per heavy atom. The SMILES string of the molecule is Fc1cccc(CN2CCCC(c3cnccn3)C2)c1. The fraction of sp³-hybridized carbons (Fsp3) is 0.375. The first-order chi connectivity index (χ1) is 9.81. The van der Waals surface area contributed by atoms with Gasteiger partial charge in [-0.25, -0.2) is 4.39 Å². The third-order valence-corrected chi connectivity index (χ3v) is 3.80. The van der Waals surface area contributed by atoms with Crippen molar-refractivity contribution in [2.75, 3.05) is 13.1 Å². The Bertz CT molecular complexity index is 559. The molecule has 0 amide bonds. The number of nitrogens with zero attached hydrogens (tertiary/aromatic N) is 3. The van der Waals surface area contributed by atoms with E-state index in [9.17, 15) is 4.39 Å². The highest BCUT2D eigenvalue weighted by molar-refractivity contribution is 5.16. The van der Waals surface area contributed by atoms with E-state index in [1.807, 2.05) is 12.3 Å². The standard InChI is InChI=1S/C16H18FN3/c17-15-5-1-3-13(9-15)11-20-8-2-4-14(12-20)16-10-18-6-7-19-16/h1,3,5-7,9-10,14H,2,4,8,11-12H2. The molecule has 2 aromatic rings. The Kier molecular flexibility index (Phi) is 4.02. The summed E-state index contributed by atoms with van der Waals surface area (Å²) < 4.78 is 13.2. The van der Waals surface area contributed by atoms with Gasteiger partial charge in [0.25, 0.3) is 0 Å². The summed E-state index contributed by atoms with van der Waals surface area (Å²) in [6.45, 7) is 2.83. The Balaban J connectivity index is 1.66. The number of halogens is 1. The molecule has 1 aliphatic rings. The van der Waals surface area contributed by atoms with E-state index in [2.05, 4.69) is 14.9 Å². The summed E-state index contributed by atoms with van der Waals surface area (Å²) in [7, 11) is 0. The lowest BCUT2D eigenvalue weighted by molar-refractivity contribution is 0.198. The first kappa shape index (κ1) is 13.2. The van der Waals surface area contributed by atoms with Crippen molar-refractivity contribution < 1.29 is 4.39 Å². The van der Waals surface area contributed by atoms with Crippen LogP contribution in [0.5, 0.6) is 0 Å². The number of benzene rings is 1. The third kappa shape index (κ3) is 3.20. The summed E-state index contributed by atoms with van der Waals surface area (Å²) in [6.07, 6.45) is 7.61. The molecule has 3 nitrogen and oxygen atoms in total. The number of piperidine rings is 1. The second kappa shape index (κ2) is 6.09. The molecule has 1 aromatic carbocycles. The van der Waals surface area contributed by atoms with Crippen LogP contribution in [0.1, 0.15) is 30.0 Å². The van der Waals surface area contributed by atoms with Crippen LogP contribution < -0.4 is 0 Å². The lowest BCUT2D eigenvalue weighted by atomic mass is 9.94. The van der Waals surface area contributed by atoms with Gasteiger partial charge in [-0.2, -0.15) is 0 Å². The van der Waals surface area contributed by atoms with Crippen molar-refractivity contribution in [1.29, 1.82) is 0 Å². The molecule has 104 valence electrons. The molecule has 1 unspecified atom stereocenters. The summed E-state index contributed by atoms with van der Waals surface area (Å²) in [4.78, 5) is 10.9. The van der Waals surface area contributed by atoms with Crippen molar-refractivity contribution in [3.05, 3.63) is 59.9 Å². The van der Waals surface area contributed by atoms with E-state index in [0.717, 1.165) is 43.7 Å². The number of rotatable bonds is 3. The topological polar surface area (TPSA) is 29.0 Å². The van der Waals surface area contributed by atoms with Crippen molar-refractivity contribution in [3.63, 3.8) is 0 Å². The predicted octanol–water partition coefficient (Wildman–Crippen LogP) is 3.00. The Morgan fingerprint density at radius 1 is 1.30 bits per heavy atom. The zero-order valence-electron chi connectivity index (χ0n) is 11.4. The molecule has 2 heterocycles. The van der Waals surface area contributed by atoms with Crippen LogP contribution in [0, 0.1) is 5.82 Å². The van der Waals surface area contributed by atoms with E-state index in [1.54, 1.807) is 24.5 Å². The number of likely N-dealkylation sites (tertiary alicyclic amines) is 1. The normalized spacial score (nSPS) is 19.9. The summed E-state index contributed by atoms with van der Waals surface area (Å²) in [6, 6.07) is 6.86. The Hall–Kier alpha value is -1.81. The van der Waals surface area contributed by atoms with E-state index in [4.69, 9.17) is 0 Å². The molecule has 0 saturated carbocycles. The van der Waals surface area contributed by atoms with Crippen LogP contribution in [0.15, 0.2) is 42.9 Å². The Morgan fingerprint density at radius 2 is 2.25 bits per heavy atom. The third-order valence-electron chi connectivity index (χ3n) is 3.80. The van der Waals surface area contributed by atoms with E-state index >= 15 is 0 Å². The molecule has 0 spiro atoms. The summed E-state index contributed by atoms with van der Waals surface area (Å²) in [5, 5.41) is 0. The van der Waals surface area contributed by atoms with Gasteiger partial charge in [-0.05, 0) is 37.1 Å². The maximum Gasteiger partial charge on any atom is 0.123 e. The average Bonchev–Trinajstić information content (AvgIpc) is 2.48. The van der Waals surface area contributed by atoms with Gasteiger partial charge in [0.1, 0.15) is 5.82 Å². The molecule has 1 saturated heterocycles. The summed E-state index contributed by atoms with van der Waals surface area (Å²) >= 11 is 0. The van der Waals surface area contributed by atoms with Gasteiger partial charge in [0.2, 0.25) is 0 Å². The van der Waals surface area contributed by atoms with Gasteiger partial charge in [0.05, 0.1) is 5.69 Å². The highest BCUT2D eigenvalue weighted by Crippen LogP contribution is 2.25. The number of aromatic nitrogens is 2. The molecule has 1 aromatic heterocycles. The van der Waals surface area contributed by atoms with Gasteiger partial charge in [-0.1, -0.05) is 12.1 Å². The molecule has 20 heavy (non-hydrogen) atoms. The predicted molar refractivity (Wildman–Crippen MR) is 75.7 cm³/mol. The summed E-state index contributed by atoms with van der Waals surface area (Å²) in [5.74, 6) is 0.274. The van der Waals surface area contributed by atoms with E-state index in [-0.39, 0.29) is 5.82 Å². The lowest BCUT2D eigenvalue weighted by Gasteiger charge is -2.32. The first-order valence-electron chi connectivity index (χ1n) is 7.04. The largest absolute Gasteiger partial charge is 0.298 e. The van der Waals surface area contributed by atoms with Crippen LogP contribution in [0.4, 0.5) is 4.39 Å². The second-order valence-corrected chi connectivity index (χ2v) is 5.33. The van der Waals surface area contributed by atoms with Crippen molar-refractivity contribution in [3.8, 4) is 0 Å². The van der Waals surface area contributed by atoms with Crippen LogP contribution in [0.25, 0.3) is 0 Å². The maximum absolute atomic E-state index is 13.2. The van der Waals surface area contributed by atoms with Crippen molar-refractivity contribution in [1.82, 2.24) is 14.9 Å². The van der Waals surface area contributed by atoms with Crippen LogP contribution in [-0.2, 0) is 6.54 Å².